The Bertz CT molecular complexity index is 835. The van der Waals surface area contributed by atoms with E-state index in [9.17, 15) is 9.59 Å². The summed E-state index contributed by atoms with van der Waals surface area (Å²) in [4.78, 5) is 35.4. The maximum atomic E-state index is 12.7. The van der Waals surface area contributed by atoms with Gasteiger partial charge in [0.1, 0.15) is 11.6 Å². The van der Waals surface area contributed by atoms with Crippen molar-refractivity contribution in [2.75, 3.05) is 50.8 Å². The summed E-state index contributed by atoms with van der Waals surface area (Å²) in [6.07, 6.45) is 2.57. The molecule has 2 amide bonds. The summed E-state index contributed by atoms with van der Waals surface area (Å²) >= 11 is 0. The average molecular weight is 380 g/mol. The highest BCUT2D eigenvalue weighted by Gasteiger charge is 2.29. The number of imide groups is 1. The average Bonchev–Trinajstić information content (AvgIpc) is 2.87. The van der Waals surface area contributed by atoms with E-state index in [2.05, 4.69) is 14.8 Å². The number of pyridine rings is 1. The van der Waals surface area contributed by atoms with Gasteiger partial charge in [0.2, 0.25) is 0 Å². The Kier molecular flexibility index (Phi) is 5.53. The third kappa shape index (κ3) is 3.99. The number of para-hydroxylation sites is 1. The Hall–Kier alpha value is -2.93. The Morgan fingerprint density at radius 3 is 2.50 bits per heavy atom. The van der Waals surface area contributed by atoms with Gasteiger partial charge in [-0.05, 0) is 37.2 Å². The second-order valence-electron chi connectivity index (χ2n) is 7.01. The molecular formula is C21H24N4O3. The van der Waals surface area contributed by atoms with Gasteiger partial charge in [-0.3, -0.25) is 19.4 Å². The highest BCUT2D eigenvalue weighted by molar-refractivity contribution is 6.07. The zero-order valence-corrected chi connectivity index (χ0v) is 15.8. The van der Waals surface area contributed by atoms with Crippen LogP contribution in [0.5, 0.6) is 5.75 Å². The Morgan fingerprint density at radius 2 is 1.71 bits per heavy atom. The third-order valence-electron chi connectivity index (χ3n) is 5.22. The smallest absolute Gasteiger partial charge is 0.267 e. The molecule has 0 unspecified atom stereocenters. The van der Waals surface area contributed by atoms with E-state index in [1.54, 1.807) is 24.3 Å². The van der Waals surface area contributed by atoms with Crippen LogP contribution in [0.1, 0.15) is 16.8 Å². The molecule has 1 fully saturated rings. The number of ether oxygens (including phenoxy) is 1. The molecule has 0 radical (unpaired) electrons. The van der Waals surface area contributed by atoms with Crippen LogP contribution in [-0.2, 0) is 4.79 Å². The zero-order chi connectivity index (χ0) is 19.3. The van der Waals surface area contributed by atoms with Crippen molar-refractivity contribution >= 4 is 17.6 Å². The van der Waals surface area contributed by atoms with Crippen molar-refractivity contribution in [3.05, 3.63) is 54.2 Å². The number of hydrogen-bond donors (Lipinski definition) is 0. The number of carbonyl (C=O) groups is 2. The molecule has 2 aromatic rings. The van der Waals surface area contributed by atoms with Crippen molar-refractivity contribution in [3.63, 3.8) is 0 Å². The van der Waals surface area contributed by atoms with E-state index >= 15 is 0 Å². The lowest BCUT2D eigenvalue weighted by Gasteiger charge is -2.35. The number of anilines is 1. The summed E-state index contributed by atoms with van der Waals surface area (Å²) in [5.74, 6) is 0.954. The van der Waals surface area contributed by atoms with Crippen molar-refractivity contribution in [2.45, 2.75) is 6.42 Å². The second-order valence-corrected chi connectivity index (χ2v) is 7.01. The molecule has 4 rings (SSSR count). The Morgan fingerprint density at radius 1 is 0.929 bits per heavy atom. The molecule has 0 bridgehead atoms. The predicted octanol–water partition coefficient (Wildman–Crippen LogP) is 1.66. The third-order valence-corrected chi connectivity index (χ3v) is 5.22. The van der Waals surface area contributed by atoms with E-state index in [1.165, 1.54) is 4.90 Å². The fourth-order valence-corrected chi connectivity index (χ4v) is 3.67. The molecule has 7 nitrogen and oxygen atoms in total. The summed E-state index contributed by atoms with van der Waals surface area (Å²) in [5.41, 5.74) is 0.456. The maximum absolute atomic E-state index is 12.7. The van der Waals surface area contributed by atoms with Gasteiger partial charge in [-0.1, -0.05) is 18.2 Å². The fourth-order valence-electron chi connectivity index (χ4n) is 3.67. The van der Waals surface area contributed by atoms with Gasteiger partial charge in [-0.2, -0.15) is 0 Å². The van der Waals surface area contributed by atoms with Crippen molar-refractivity contribution < 1.29 is 14.3 Å². The van der Waals surface area contributed by atoms with E-state index in [0.717, 1.165) is 45.0 Å². The van der Waals surface area contributed by atoms with Gasteiger partial charge in [-0.25, -0.2) is 4.98 Å². The molecule has 0 aliphatic carbocycles. The molecule has 7 heteroatoms. The van der Waals surface area contributed by atoms with Crippen LogP contribution in [0.2, 0.25) is 0 Å². The zero-order valence-electron chi connectivity index (χ0n) is 15.8. The monoisotopic (exact) mass is 380 g/mol. The van der Waals surface area contributed by atoms with Crippen molar-refractivity contribution in [1.82, 2.24) is 14.8 Å². The molecule has 146 valence electrons. The van der Waals surface area contributed by atoms with Crippen molar-refractivity contribution in [3.8, 4) is 5.75 Å². The Balaban J connectivity index is 1.28. The number of piperazine rings is 1. The van der Waals surface area contributed by atoms with Gasteiger partial charge in [0.15, 0.2) is 6.61 Å². The number of benzene rings is 1. The number of aromatic nitrogens is 1. The molecule has 1 aromatic carbocycles. The summed E-state index contributed by atoms with van der Waals surface area (Å²) < 4.78 is 5.48. The standard InChI is InChI=1S/C21H24N4O3/c26-20-16-28-18-7-2-1-6-17(18)21(27)25(20)11-5-10-23-12-14-24(15-13-23)19-8-3-4-9-22-19/h1-4,6-9H,5,10-16H2. The number of carbonyl (C=O) groups excluding carboxylic acids is 2. The summed E-state index contributed by atoms with van der Waals surface area (Å²) in [7, 11) is 0. The van der Waals surface area contributed by atoms with Gasteiger partial charge in [-0.15, -0.1) is 0 Å². The lowest BCUT2D eigenvalue weighted by molar-refractivity contribution is -0.130. The van der Waals surface area contributed by atoms with E-state index in [0.29, 0.717) is 17.9 Å². The van der Waals surface area contributed by atoms with Gasteiger partial charge < -0.3 is 9.64 Å². The summed E-state index contributed by atoms with van der Waals surface area (Å²) in [6.45, 7) is 4.94. The van der Waals surface area contributed by atoms with E-state index in [4.69, 9.17) is 4.74 Å². The molecule has 0 spiro atoms. The molecule has 0 atom stereocenters. The van der Waals surface area contributed by atoms with Crippen LogP contribution in [-0.4, -0.2) is 72.5 Å². The van der Waals surface area contributed by atoms with Crippen molar-refractivity contribution in [2.24, 2.45) is 0 Å². The summed E-state index contributed by atoms with van der Waals surface area (Å²) in [6, 6.07) is 13.0. The van der Waals surface area contributed by atoms with Crippen LogP contribution in [0.4, 0.5) is 5.82 Å². The van der Waals surface area contributed by atoms with E-state index in [-0.39, 0.29) is 18.4 Å². The minimum absolute atomic E-state index is 0.0918. The minimum atomic E-state index is -0.277. The van der Waals surface area contributed by atoms with E-state index in [1.807, 2.05) is 24.4 Å². The molecular weight excluding hydrogens is 356 g/mol. The van der Waals surface area contributed by atoms with Crippen molar-refractivity contribution in [1.29, 1.82) is 0 Å². The molecule has 28 heavy (non-hydrogen) atoms. The number of amides is 2. The highest BCUT2D eigenvalue weighted by Crippen LogP contribution is 2.23. The number of nitrogens with zero attached hydrogens (tertiary/aromatic N) is 4. The van der Waals surface area contributed by atoms with Gasteiger partial charge in [0.25, 0.3) is 11.8 Å². The SMILES string of the molecule is O=C1COc2ccccc2C(=O)N1CCCN1CCN(c2ccccn2)CC1. The molecule has 2 aliphatic rings. The minimum Gasteiger partial charge on any atom is -0.483 e. The van der Waals surface area contributed by atoms with Crippen LogP contribution in [0.25, 0.3) is 0 Å². The van der Waals surface area contributed by atoms with Crippen LogP contribution < -0.4 is 9.64 Å². The molecule has 0 N–H and O–H groups in total. The molecule has 1 saturated heterocycles. The predicted molar refractivity (Wildman–Crippen MR) is 105 cm³/mol. The second kappa shape index (κ2) is 8.39. The van der Waals surface area contributed by atoms with Crippen LogP contribution in [0.15, 0.2) is 48.7 Å². The van der Waals surface area contributed by atoms with Gasteiger partial charge in [0.05, 0.1) is 5.56 Å². The normalized spacial score (nSPS) is 17.9. The molecule has 0 saturated carbocycles. The maximum Gasteiger partial charge on any atom is 0.267 e. The number of rotatable bonds is 5. The quantitative estimate of drug-likeness (QED) is 0.735. The molecule has 2 aliphatic heterocycles. The van der Waals surface area contributed by atoms with E-state index < -0.39 is 0 Å². The molecule has 3 heterocycles. The number of hydrogen-bond acceptors (Lipinski definition) is 6. The Labute approximate surface area is 164 Å². The first-order chi connectivity index (χ1) is 13.7. The van der Waals surface area contributed by atoms with Gasteiger partial charge in [0, 0.05) is 38.9 Å². The van der Waals surface area contributed by atoms with Gasteiger partial charge >= 0.3 is 0 Å². The number of fused-ring (bicyclic) bond motifs is 1. The fraction of sp³-hybridized carbons (Fsp3) is 0.381. The lowest BCUT2D eigenvalue weighted by atomic mass is 10.1. The first-order valence-electron chi connectivity index (χ1n) is 9.67. The lowest BCUT2D eigenvalue weighted by Crippen LogP contribution is -2.47. The highest BCUT2D eigenvalue weighted by atomic mass is 16.5. The van der Waals surface area contributed by atoms with Crippen LogP contribution in [0.3, 0.4) is 0 Å². The first-order valence-corrected chi connectivity index (χ1v) is 9.67. The topological polar surface area (TPSA) is 66.0 Å². The van der Waals surface area contributed by atoms with Crippen LogP contribution >= 0.6 is 0 Å². The van der Waals surface area contributed by atoms with Crippen LogP contribution in [0, 0.1) is 0 Å². The largest absolute Gasteiger partial charge is 0.483 e. The summed E-state index contributed by atoms with van der Waals surface area (Å²) in [5, 5.41) is 0. The first kappa shape index (κ1) is 18.4. The molecule has 1 aromatic heterocycles.